The van der Waals surface area contributed by atoms with Gasteiger partial charge in [0, 0.05) is 0 Å². The lowest BCUT2D eigenvalue weighted by atomic mass is 9.80. The third kappa shape index (κ3) is 4.75. The summed E-state index contributed by atoms with van der Waals surface area (Å²) < 4.78 is 16.4. The maximum Gasteiger partial charge on any atom is 0.347 e. The van der Waals surface area contributed by atoms with Gasteiger partial charge in [0.2, 0.25) is 5.91 Å². The summed E-state index contributed by atoms with van der Waals surface area (Å²) in [6.07, 6.45) is -0.439. The largest absolute Gasteiger partial charge is 0.497 e. The number of likely N-dealkylation sites (tertiary alicyclic amines) is 1. The molecule has 2 atom stereocenters. The Morgan fingerprint density at radius 3 is 1.81 bits per heavy atom. The van der Waals surface area contributed by atoms with E-state index in [0.717, 1.165) is 4.90 Å². The van der Waals surface area contributed by atoms with Crippen molar-refractivity contribution in [3.05, 3.63) is 29.8 Å². The molecule has 8 heteroatoms. The number of amides is 1. The molecule has 0 aliphatic carbocycles. The monoisotopic (exact) mass is 449 g/mol. The number of carbonyl (C=O) groups is 3. The van der Waals surface area contributed by atoms with Crippen molar-refractivity contribution in [1.29, 1.82) is 0 Å². The molecule has 1 fully saturated rings. The van der Waals surface area contributed by atoms with Crippen LogP contribution >= 0.6 is 0 Å². The van der Waals surface area contributed by atoms with Gasteiger partial charge in [-0.1, -0.05) is 12.1 Å². The molecule has 1 amide bonds. The molecule has 178 valence electrons. The van der Waals surface area contributed by atoms with E-state index in [9.17, 15) is 19.5 Å². The molecule has 1 aromatic rings. The van der Waals surface area contributed by atoms with Crippen LogP contribution < -0.4 is 4.74 Å². The van der Waals surface area contributed by atoms with Crippen LogP contribution in [-0.4, -0.2) is 57.3 Å². The van der Waals surface area contributed by atoms with E-state index in [1.807, 2.05) is 0 Å². The quantitative estimate of drug-likeness (QED) is 0.544. The maximum absolute atomic E-state index is 13.6. The molecule has 32 heavy (non-hydrogen) atoms. The molecule has 0 radical (unpaired) electrons. The van der Waals surface area contributed by atoms with E-state index in [1.54, 1.807) is 72.7 Å². The Labute approximate surface area is 189 Å². The number of nitrogens with zero attached hydrogens (tertiary/aromatic N) is 1. The molecule has 2 rings (SSSR count). The Balaban J connectivity index is 2.72. The van der Waals surface area contributed by atoms with E-state index >= 15 is 0 Å². The molecule has 1 saturated heterocycles. The summed E-state index contributed by atoms with van der Waals surface area (Å²) in [4.78, 5) is 41.6. The fourth-order valence-corrected chi connectivity index (χ4v) is 3.92. The van der Waals surface area contributed by atoms with Gasteiger partial charge in [-0.15, -0.1) is 0 Å². The molecule has 0 bridgehead atoms. The fraction of sp³-hybridized carbons (Fsp3) is 0.625. The van der Waals surface area contributed by atoms with Crippen LogP contribution in [0.1, 0.15) is 73.4 Å². The van der Waals surface area contributed by atoms with E-state index in [2.05, 4.69) is 0 Å². The molecule has 0 aromatic heterocycles. The molecule has 1 unspecified atom stereocenters. The van der Waals surface area contributed by atoms with Gasteiger partial charge in [-0.25, -0.2) is 9.59 Å². The van der Waals surface area contributed by atoms with Crippen molar-refractivity contribution in [1.82, 2.24) is 4.90 Å². The summed E-state index contributed by atoms with van der Waals surface area (Å²) in [7, 11) is 1.54. The second-order valence-electron chi connectivity index (χ2n) is 10.4. The van der Waals surface area contributed by atoms with Crippen molar-refractivity contribution in [2.75, 3.05) is 7.11 Å². The fourth-order valence-electron chi connectivity index (χ4n) is 3.92. The predicted octanol–water partition coefficient (Wildman–Crippen LogP) is 3.16. The van der Waals surface area contributed by atoms with Crippen LogP contribution in [0.15, 0.2) is 24.3 Å². The van der Waals surface area contributed by atoms with Crippen molar-refractivity contribution < 1.29 is 33.7 Å². The minimum absolute atomic E-state index is 0.439. The second-order valence-corrected chi connectivity index (χ2v) is 10.4. The normalized spacial score (nSPS) is 21.8. The van der Waals surface area contributed by atoms with Gasteiger partial charge >= 0.3 is 11.9 Å². The molecule has 1 aromatic carbocycles. The number of rotatable bonds is 5. The first-order valence-corrected chi connectivity index (χ1v) is 10.6. The smallest absolute Gasteiger partial charge is 0.347 e. The number of benzene rings is 1. The van der Waals surface area contributed by atoms with Crippen molar-refractivity contribution in [2.45, 2.75) is 90.2 Å². The zero-order chi connectivity index (χ0) is 24.7. The number of carbonyl (C=O) groups excluding carboxylic acids is 3. The highest BCUT2D eigenvalue weighted by Gasteiger charge is 2.73. The molecular weight excluding hydrogens is 414 g/mol. The van der Waals surface area contributed by atoms with E-state index < -0.39 is 52.7 Å². The van der Waals surface area contributed by atoms with Gasteiger partial charge in [-0.05, 0) is 73.1 Å². The number of hydrogen-bond acceptors (Lipinski definition) is 7. The lowest BCUT2D eigenvalue weighted by molar-refractivity contribution is -0.202. The Morgan fingerprint density at radius 1 is 1.00 bits per heavy atom. The molecule has 8 nitrogen and oxygen atoms in total. The van der Waals surface area contributed by atoms with E-state index in [0.29, 0.717) is 11.3 Å². The number of methoxy groups -OCH3 is 1. The third-order valence-electron chi connectivity index (χ3n) is 5.28. The zero-order valence-corrected chi connectivity index (χ0v) is 20.4. The van der Waals surface area contributed by atoms with E-state index in [4.69, 9.17) is 14.2 Å². The first-order chi connectivity index (χ1) is 14.5. The van der Waals surface area contributed by atoms with Crippen molar-refractivity contribution in [2.24, 2.45) is 0 Å². The average Bonchev–Trinajstić information content (AvgIpc) is 2.83. The third-order valence-corrected chi connectivity index (χ3v) is 5.28. The van der Waals surface area contributed by atoms with Crippen LogP contribution in [0.25, 0.3) is 0 Å². The lowest BCUT2D eigenvalue weighted by Crippen LogP contribution is -2.70. The van der Waals surface area contributed by atoms with Gasteiger partial charge in [0.1, 0.15) is 22.6 Å². The zero-order valence-electron chi connectivity index (χ0n) is 20.4. The summed E-state index contributed by atoms with van der Waals surface area (Å²) in [5.41, 5.74) is -5.74. The van der Waals surface area contributed by atoms with Crippen LogP contribution in [0, 0.1) is 0 Å². The first-order valence-electron chi connectivity index (χ1n) is 10.6. The van der Waals surface area contributed by atoms with Gasteiger partial charge in [0.05, 0.1) is 19.6 Å². The number of hydrogen-bond donors (Lipinski definition) is 1. The summed E-state index contributed by atoms with van der Waals surface area (Å²) in [5, 5.41) is 11.4. The van der Waals surface area contributed by atoms with Gasteiger partial charge in [0.25, 0.3) is 5.54 Å². The molecule has 1 aliphatic heterocycles. The number of ether oxygens (including phenoxy) is 3. The molecule has 1 N–H and O–H groups in total. The first kappa shape index (κ1) is 25.6. The number of esters is 2. The van der Waals surface area contributed by atoms with Gasteiger partial charge in [-0.3, -0.25) is 4.79 Å². The van der Waals surface area contributed by atoms with E-state index in [1.165, 1.54) is 14.0 Å². The average molecular weight is 450 g/mol. The summed E-state index contributed by atoms with van der Waals surface area (Å²) >= 11 is 0. The van der Waals surface area contributed by atoms with Gasteiger partial charge in [0.15, 0.2) is 0 Å². The summed E-state index contributed by atoms with van der Waals surface area (Å²) in [5.74, 6) is -2.01. The Morgan fingerprint density at radius 2 is 1.44 bits per heavy atom. The summed E-state index contributed by atoms with van der Waals surface area (Å²) in [6.45, 7) is 12.9. The predicted molar refractivity (Wildman–Crippen MR) is 118 cm³/mol. The van der Waals surface area contributed by atoms with Gasteiger partial charge < -0.3 is 24.2 Å². The van der Waals surface area contributed by atoms with Crippen molar-refractivity contribution in [3.63, 3.8) is 0 Å². The Bertz CT molecular complexity index is 847. The number of aliphatic hydroxyl groups is 1. The molecule has 1 aliphatic rings. The SMILES string of the molecule is COc1ccc([C@@H](C)N2C(=O)CC(C)(O)C2(C(=O)OC(C)(C)C)C(=O)OC(C)(C)C)cc1. The minimum atomic E-state index is -2.38. The maximum atomic E-state index is 13.6. The van der Waals surface area contributed by atoms with Crippen LogP contribution in [0.5, 0.6) is 5.75 Å². The highest BCUT2D eigenvalue weighted by molar-refractivity contribution is 6.12. The second kappa shape index (κ2) is 8.39. The minimum Gasteiger partial charge on any atom is -0.497 e. The lowest BCUT2D eigenvalue weighted by Gasteiger charge is -2.44. The standard InChI is InChI=1S/C24H35NO7/c1-15(16-10-12-17(30-9)13-11-16)25-18(26)14-23(8,29)24(25,19(27)31-21(2,3)4)20(28)32-22(5,6)7/h10-13,15,29H,14H2,1-9H3/t15-,23?/m1/s1. The van der Waals surface area contributed by atoms with Crippen LogP contribution in [0.4, 0.5) is 0 Å². The van der Waals surface area contributed by atoms with Crippen LogP contribution in [0.2, 0.25) is 0 Å². The van der Waals surface area contributed by atoms with Crippen LogP contribution in [-0.2, 0) is 23.9 Å². The van der Waals surface area contributed by atoms with Crippen molar-refractivity contribution >= 4 is 17.8 Å². The van der Waals surface area contributed by atoms with Crippen LogP contribution in [0.3, 0.4) is 0 Å². The molecule has 0 spiro atoms. The highest BCUT2D eigenvalue weighted by atomic mass is 16.6. The Kier molecular flexibility index (Phi) is 6.72. The van der Waals surface area contributed by atoms with Gasteiger partial charge in [-0.2, -0.15) is 0 Å². The Hall–Kier alpha value is -2.61. The van der Waals surface area contributed by atoms with E-state index in [-0.39, 0.29) is 0 Å². The van der Waals surface area contributed by atoms with Crippen molar-refractivity contribution in [3.8, 4) is 5.75 Å². The highest BCUT2D eigenvalue weighted by Crippen LogP contribution is 2.47. The molecule has 0 saturated carbocycles. The molecule has 1 heterocycles. The topological polar surface area (TPSA) is 102 Å². The molecular formula is C24H35NO7. The summed E-state index contributed by atoms with van der Waals surface area (Å²) in [6, 6.07) is 6.15.